The summed E-state index contributed by atoms with van der Waals surface area (Å²) in [7, 11) is 0.0000461. The molecule has 2 bridgehead atoms. The number of hydrogen-bond donors (Lipinski definition) is 0. The van der Waals surface area contributed by atoms with E-state index in [-0.39, 0.29) is 11.0 Å². The molecule has 1 saturated heterocycles. The van der Waals surface area contributed by atoms with E-state index >= 15 is 0 Å². The molecule has 5 heteroatoms. The van der Waals surface area contributed by atoms with Crippen LogP contribution in [0.25, 0.3) is 0 Å². The van der Waals surface area contributed by atoms with Gasteiger partial charge in [-0.05, 0) is 76.1 Å². The van der Waals surface area contributed by atoms with Crippen LogP contribution in [0.3, 0.4) is 0 Å². The highest BCUT2D eigenvalue weighted by molar-refractivity contribution is 6.70. The molecule has 0 unspecified atom stereocenters. The van der Waals surface area contributed by atoms with Crippen LogP contribution in [0.2, 0.25) is 19.6 Å². The second-order valence-electron chi connectivity index (χ2n) is 10.4. The molecular formula is C21H38O4Si. The maximum Gasteiger partial charge on any atom is 0.241 e. The van der Waals surface area contributed by atoms with Crippen molar-refractivity contribution in [1.82, 2.24) is 0 Å². The van der Waals surface area contributed by atoms with Gasteiger partial charge >= 0.3 is 0 Å². The van der Waals surface area contributed by atoms with Gasteiger partial charge < -0.3 is 18.6 Å². The highest BCUT2D eigenvalue weighted by Gasteiger charge is 2.55. The zero-order chi connectivity index (χ0) is 19.2. The van der Waals surface area contributed by atoms with Crippen LogP contribution in [0.5, 0.6) is 0 Å². The van der Waals surface area contributed by atoms with Gasteiger partial charge in [0, 0.05) is 18.9 Å². The SMILES string of the molecule is COCOC[C@H]1C=C(O[Si](C)(C)C)[C@@H]2COC(C)(C)[C@@H]3CC[C@@]1(C)C[C@@H]32. The molecule has 0 spiro atoms. The quantitative estimate of drug-likeness (QED) is 0.375. The Morgan fingerprint density at radius 1 is 1.23 bits per heavy atom. The van der Waals surface area contributed by atoms with E-state index in [2.05, 4.69) is 46.5 Å². The first-order valence-corrected chi connectivity index (χ1v) is 13.6. The first-order valence-electron chi connectivity index (χ1n) is 10.2. The van der Waals surface area contributed by atoms with E-state index in [1.807, 2.05) is 0 Å². The van der Waals surface area contributed by atoms with Crippen molar-refractivity contribution >= 4 is 8.32 Å². The number of rotatable bonds is 6. The van der Waals surface area contributed by atoms with Crippen molar-refractivity contribution in [3.63, 3.8) is 0 Å². The molecular weight excluding hydrogens is 344 g/mol. The monoisotopic (exact) mass is 382 g/mol. The summed E-state index contributed by atoms with van der Waals surface area (Å²) in [6.45, 7) is 15.7. The average Bonchev–Trinajstić information content (AvgIpc) is 2.59. The number of ether oxygens (including phenoxy) is 3. The Bertz CT molecular complexity index is 539. The van der Waals surface area contributed by atoms with E-state index in [1.165, 1.54) is 25.0 Å². The van der Waals surface area contributed by atoms with Crippen LogP contribution in [-0.2, 0) is 18.6 Å². The Morgan fingerprint density at radius 2 is 1.96 bits per heavy atom. The van der Waals surface area contributed by atoms with Crippen LogP contribution < -0.4 is 0 Å². The maximum absolute atomic E-state index is 6.64. The third-order valence-corrected chi connectivity index (χ3v) is 7.69. The van der Waals surface area contributed by atoms with Crippen LogP contribution >= 0.6 is 0 Å². The van der Waals surface area contributed by atoms with Gasteiger partial charge in [0.2, 0.25) is 8.32 Å². The zero-order valence-electron chi connectivity index (χ0n) is 17.8. The minimum atomic E-state index is -1.68. The molecule has 5 atom stereocenters. The van der Waals surface area contributed by atoms with Gasteiger partial charge in [-0.1, -0.05) is 6.92 Å². The first-order chi connectivity index (χ1) is 12.1. The molecule has 2 aliphatic carbocycles. The lowest BCUT2D eigenvalue weighted by Crippen LogP contribution is -2.53. The largest absolute Gasteiger partial charge is 0.547 e. The first kappa shape index (κ1) is 20.4. The summed E-state index contributed by atoms with van der Waals surface area (Å²) in [5.41, 5.74) is 0.240. The lowest BCUT2D eigenvalue weighted by Gasteiger charge is -2.54. The van der Waals surface area contributed by atoms with Gasteiger partial charge in [0.15, 0.2) is 0 Å². The highest BCUT2D eigenvalue weighted by atomic mass is 28.4. The van der Waals surface area contributed by atoms with E-state index in [0.29, 0.717) is 37.1 Å². The summed E-state index contributed by atoms with van der Waals surface area (Å²) in [6.07, 6.45) is 6.11. The van der Waals surface area contributed by atoms with Gasteiger partial charge in [0.25, 0.3) is 0 Å². The fourth-order valence-corrected chi connectivity index (χ4v) is 6.35. The molecule has 150 valence electrons. The number of fused-ring (bicyclic) bond motifs is 1. The van der Waals surface area contributed by atoms with Crippen molar-refractivity contribution in [2.24, 2.45) is 29.1 Å². The molecule has 1 saturated carbocycles. The van der Waals surface area contributed by atoms with Crippen molar-refractivity contribution in [2.75, 3.05) is 27.1 Å². The molecule has 2 fully saturated rings. The van der Waals surface area contributed by atoms with Crippen molar-refractivity contribution in [3.8, 4) is 0 Å². The van der Waals surface area contributed by atoms with Crippen molar-refractivity contribution < 1.29 is 18.6 Å². The maximum atomic E-state index is 6.64. The summed E-state index contributed by atoms with van der Waals surface area (Å²) in [5.74, 6) is 3.21. The predicted octanol–water partition coefficient (Wildman–Crippen LogP) is 4.82. The van der Waals surface area contributed by atoms with E-state index in [1.54, 1.807) is 7.11 Å². The molecule has 0 aromatic carbocycles. The van der Waals surface area contributed by atoms with E-state index < -0.39 is 8.32 Å². The van der Waals surface area contributed by atoms with Crippen LogP contribution in [0, 0.1) is 29.1 Å². The Labute approximate surface area is 160 Å². The normalized spacial score (nSPS) is 39.1. The molecule has 4 nitrogen and oxygen atoms in total. The second-order valence-corrected chi connectivity index (χ2v) is 14.8. The molecule has 26 heavy (non-hydrogen) atoms. The fraction of sp³-hybridized carbons (Fsp3) is 0.905. The minimum absolute atomic E-state index is 0.0286. The second kappa shape index (κ2) is 7.23. The Kier molecular flexibility index (Phi) is 5.66. The van der Waals surface area contributed by atoms with Crippen molar-refractivity contribution in [2.45, 2.75) is 65.3 Å². The fourth-order valence-electron chi connectivity index (χ4n) is 5.43. The molecule has 0 radical (unpaired) electrons. The summed E-state index contributed by atoms with van der Waals surface area (Å²) in [4.78, 5) is 0. The molecule has 1 aliphatic heterocycles. The average molecular weight is 383 g/mol. The molecule has 3 rings (SSSR count). The van der Waals surface area contributed by atoms with Gasteiger partial charge in [0.05, 0.1) is 24.6 Å². The van der Waals surface area contributed by atoms with Gasteiger partial charge in [-0.15, -0.1) is 0 Å². The van der Waals surface area contributed by atoms with Crippen LogP contribution in [0.15, 0.2) is 11.8 Å². The number of methoxy groups -OCH3 is 1. The van der Waals surface area contributed by atoms with Crippen LogP contribution in [0.1, 0.15) is 40.0 Å². The molecule has 0 aromatic rings. The Hall–Kier alpha value is -0.363. The highest BCUT2D eigenvalue weighted by Crippen LogP contribution is 2.58. The van der Waals surface area contributed by atoms with Gasteiger partial charge in [0.1, 0.15) is 6.79 Å². The van der Waals surface area contributed by atoms with Crippen molar-refractivity contribution in [3.05, 3.63) is 11.8 Å². The lowest BCUT2D eigenvalue weighted by molar-refractivity contribution is -0.170. The van der Waals surface area contributed by atoms with E-state index in [0.717, 1.165) is 6.61 Å². The smallest absolute Gasteiger partial charge is 0.241 e. The van der Waals surface area contributed by atoms with Crippen LogP contribution in [-0.4, -0.2) is 41.0 Å². The Morgan fingerprint density at radius 3 is 2.62 bits per heavy atom. The summed E-state index contributed by atoms with van der Waals surface area (Å²) in [5, 5.41) is 0. The summed E-state index contributed by atoms with van der Waals surface area (Å²) >= 11 is 0. The molecule has 0 amide bonds. The van der Waals surface area contributed by atoms with Gasteiger partial charge in [-0.25, -0.2) is 0 Å². The zero-order valence-corrected chi connectivity index (χ0v) is 18.8. The van der Waals surface area contributed by atoms with E-state index in [4.69, 9.17) is 18.6 Å². The topological polar surface area (TPSA) is 36.9 Å². The van der Waals surface area contributed by atoms with E-state index in [9.17, 15) is 0 Å². The molecule has 0 aromatic heterocycles. The Balaban J connectivity index is 1.95. The standard InChI is InChI=1S/C21H38O4Si/c1-20(2)18-8-9-21(3)11-16(18)17(13-24-20)19(25-26(5,6)7)10-15(21)12-23-14-22-4/h10,15-18H,8-9,11-14H2,1-7H3/t15-,16-,17-,18-,21+/m1/s1. The summed E-state index contributed by atoms with van der Waals surface area (Å²) in [6, 6.07) is 0. The minimum Gasteiger partial charge on any atom is -0.547 e. The van der Waals surface area contributed by atoms with Crippen molar-refractivity contribution in [1.29, 1.82) is 0 Å². The summed E-state index contributed by atoms with van der Waals surface area (Å²) < 4.78 is 23.9. The molecule has 3 aliphatic rings. The lowest BCUT2D eigenvalue weighted by atomic mass is 9.56. The van der Waals surface area contributed by atoms with Gasteiger partial charge in [-0.2, -0.15) is 0 Å². The third-order valence-electron chi connectivity index (χ3n) is 6.84. The van der Waals surface area contributed by atoms with Gasteiger partial charge in [-0.3, -0.25) is 0 Å². The molecule has 0 N–H and O–H groups in total. The van der Waals surface area contributed by atoms with Crippen LogP contribution in [0.4, 0.5) is 0 Å². The third kappa shape index (κ3) is 4.06. The number of hydrogen-bond acceptors (Lipinski definition) is 4. The molecule has 1 heterocycles. The predicted molar refractivity (Wildman–Crippen MR) is 106 cm³/mol.